The zero-order valence-electron chi connectivity index (χ0n) is 17.8. The van der Waals surface area contributed by atoms with Crippen LogP contribution in [-0.2, 0) is 9.59 Å². The van der Waals surface area contributed by atoms with Crippen LogP contribution in [0.1, 0.15) is 19.3 Å². The molecule has 1 saturated heterocycles. The molecule has 2 aromatic rings. The van der Waals surface area contributed by atoms with Crippen LogP contribution >= 0.6 is 0 Å². The largest absolute Gasteiger partial charge is 0.353 e. The fraction of sp³-hybridized carbons (Fsp3) is 0.417. The number of nitrogens with zero attached hydrogens (tertiary/aromatic N) is 5. The second-order valence-corrected chi connectivity index (χ2v) is 8.15. The number of carbonyl (C=O) groups excluding carboxylic acids is 2. The van der Waals surface area contributed by atoms with Crippen molar-refractivity contribution in [1.82, 2.24) is 20.0 Å². The summed E-state index contributed by atoms with van der Waals surface area (Å²) in [4.78, 5) is 31.0. The van der Waals surface area contributed by atoms with Crippen molar-refractivity contribution in [3.8, 4) is 11.3 Å². The fourth-order valence-corrected chi connectivity index (χ4v) is 3.89. The molecule has 7 nitrogen and oxygen atoms in total. The summed E-state index contributed by atoms with van der Waals surface area (Å²) in [5.74, 6) is 1.01. The van der Waals surface area contributed by atoms with Gasteiger partial charge in [-0.3, -0.25) is 9.59 Å². The topological polar surface area (TPSA) is 69.6 Å². The minimum Gasteiger partial charge on any atom is -0.353 e. The lowest BCUT2D eigenvalue weighted by Gasteiger charge is -2.26. The standard InChI is InChI=1S/C24H29N5O2/c1-2-13-29(24(31)20-9-10-20)18-23(30)28-15-6-14-27(16-17-28)22-12-11-21(25-26-22)19-7-4-3-5-8-19/h2-5,7-8,11-12,20H,1,6,9-10,13-18H2. The normalized spacial score (nSPS) is 16.5. The molecule has 2 amide bonds. The summed E-state index contributed by atoms with van der Waals surface area (Å²) in [7, 11) is 0. The maximum Gasteiger partial charge on any atom is 0.242 e. The van der Waals surface area contributed by atoms with Crippen molar-refractivity contribution < 1.29 is 9.59 Å². The van der Waals surface area contributed by atoms with Crippen molar-refractivity contribution in [2.75, 3.05) is 44.2 Å². The predicted molar refractivity (Wildman–Crippen MR) is 120 cm³/mol. The molecule has 0 radical (unpaired) electrons. The lowest BCUT2D eigenvalue weighted by molar-refractivity contribution is -0.140. The Labute approximate surface area is 183 Å². The third-order valence-corrected chi connectivity index (χ3v) is 5.81. The minimum atomic E-state index is 0.00297. The van der Waals surface area contributed by atoms with Crippen molar-refractivity contribution >= 4 is 17.6 Å². The Balaban J connectivity index is 1.35. The highest BCUT2D eigenvalue weighted by Crippen LogP contribution is 2.31. The van der Waals surface area contributed by atoms with Gasteiger partial charge in [0.15, 0.2) is 5.82 Å². The van der Waals surface area contributed by atoms with Gasteiger partial charge in [-0.25, -0.2) is 0 Å². The van der Waals surface area contributed by atoms with Crippen LogP contribution in [0.25, 0.3) is 11.3 Å². The van der Waals surface area contributed by atoms with E-state index < -0.39 is 0 Å². The first kappa shape index (κ1) is 21.0. The first-order valence-electron chi connectivity index (χ1n) is 11.0. The summed E-state index contributed by atoms with van der Waals surface area (Å²) < 4.78 is 0. The van der Waals surface area contributed by atoms with Crippen molar-refractivity contribution in [2.24, 2.45) is 5.92 Å². The quantitative estimate of drug-likeness (QED) is 0.646. The van der Waals surface area contributed by atoms with Gasteiger partial charge in [0.2, 0.25) is 11.8 Å². The number of carbonyl (C=O) groups is 2. The lowest BCUT2D eigenvalue weighted by atomic mass is 10.1. The van der Waals surface area contributed by atoms with Gasteiger partial charge in [0.25, 0.3) is 0 Å². The smallest absolute Gasteiger partial charge is 0.242 e. The van der Waals surface area contributed by atoms with Crippen LogP contribution in [-0.4, -0.2) is 71.1 Å². The van der Waals surface area contributed by atoms with Gasteiger partial charge in [-0.1, -0.05) is 36.4 Å². The number of hydrogen-bond donors (Lipinski definition) is 0. The number of benzene rings is 1. The van der Waals surface area contributed by atoms with Gasteiger partial charge in [0.1, 0.15) is 6.54 Å². The van der Waals surface area contributed by atoms with Crippen LogP contribution in [0, 0.1) is 5.92 Å². The number of rotatable bonds is 7. The molecule has 1 saturated carbocycles. The summed E-state index contributed by atoms with van der Waals surface area (Å²) in [5, 5.41) is 8.81. The minimum absolute atomic E-state index is 0.00297. The molecule has 1 aliphatic carbocycles. The van der Waals surface area contributed by atoms with Crippen molar-refractivity contribution in [3.05, 3.63) is 55.1 Å². The summed E-state index contributed by atoms with van der Waals surface area (Å²) in [6.45, 7) is 7.10. The van der Waals surface area contributed by atoms with E-state index in [1.54, 1.807) is 11.0 Å². The van der Waals surface area contributed by atoms with E-state index in [-0.39, 0.29) is 24.3 Å². The first-order chi connectivity index (χ1) is 15.2. The third kappa shape index (κ3) is 5.29. The van der Waals surface area contributed by atoms with Gasteiger partial charge in [-0.2, -0.15) is 0 Å². The number of anilines is 1. The Kier molecular flexibility index (Phi) is 6.60. The van der Waals surface area contributed by atoms with Crippen molar-refractivity contribution in [1.29, 1.82) is 0 Å². The van der Waals surface area contributed by atoms with Crippen LogP contribution in [0.5, 0.6) is 0 Å². The summed E-state index contributed by atoms with van der Waals surface area (Å²) in [6.07, 6.45) is 4.41. The molecule has 0 unspecified atom stereocenters. The van der Waals surface area contributed by atoms with Crippen LogP contribution < -0.4 is 4.90 Å². The molecule has 4 rings (SSSR count). The van der Waals surface area contributed by atoms with E-state index in [0.29, 0.717) is 26.2 Å². The molecule has 1 aromatic carbocycles. The van der Waals surface area contributed by atoms with Crippen LogP contribution in [0.4, 0.5) is 5.82 Å². The first-order valence-corrected chi connectivity index (χ1v) is 11.0. The highest BCUT2D eigenvalue weighted by molar-refractivity contribution is 5.87. The van der Waals surface area contributed by atoms with E-state index >= 15 is 0 Å². The number of aromatic nitrogens is 2. The number of hydrogen-bond acceptors (Lipinski definition) is 5. The Morgan fingerprint density at radius 3 is 2.52 bits per heavy atom. The molecule has 7 heteroatoms. The van der Waals surface area contributed by atoms with E-state index in [0.717, 1.165) is 42.9 Å². The predicted octanol–water partition coefficient (Wildman–Crippen LogP) is 2.61. The van der Waals surface area contributed by atoms with Crippen molar-refractivity contribution in [2.45, 2.75) is 19.3 Å². The summed E-state index contributed by atoms with van der Waals surface area (Å²) in [5.41, 5.74) is 1.89. The van der Waals surface area contributed by atoms with E-state index in [9.17, 15) is 9.59 Å². The molecule has 0 spiro atoms. The SMILES string of the molecule is C=CCN(CC(=O)N1CCCN(c2ccc(-c3ccccc3)nn2)CC1)C(=O)C1CC1. The Bertz CT molecular complexity index is 911. The Morgan fingerprint density at radius 2 is 1.84 bits per heavy atom. The molecule has 2 heterocycles. The van der Waals surface area contributed by atoms with Gasteiger partial charge in [0, 0.05) is 44.2 Å². The molecule has 31 heavy (non-hydrogen) atoms. The van der Waals surface area contributed by atoms with E-state index in [2.05, 4.69) is 21.7 Å². The fourth-order valence-electron chi connectivity index (χ4n) is 3.89. The van der Waals surface area contributed by atoms with Gasteiger partial charge < -0.3 is 14.7 Å². The molecule has 1 aliphatic heterocycles. The molecule has 162 valence electrons. The molecule has 0 bridgehead atoms. The third-order valence-electron chi connectivity index (χ3n) is 5.81. The molecular weight excluding hydrogens is 390 g/mol. The molecule has 0 atom stereocenters. The lowest BCUT2D eigenvalue weighted by Crippen LogP contribution is -2.44. The van der Waals surface area contributed by atoms with Crippen LogP contribution in [0.15, 0.2) is 55.1 Å². The van der Waals surface area contributed by atoms with E-state index in [1.807, 2.05) is 47.4 Å². The highest BCUT2D eigenvalue weighted by Gasteiger charge is 2.34. The maximum atomic E-state index is 12.9. The average Bonchev–Trinajstić information content (AvgIpc) is 3.66. The van der Waals surface area contributed by atoms with Crippen molar-refractivity contribution in [3.63, 3.8) is 0 Å². The average molecular weight is 420 g/mol. The molecule has 2 fully saturated rings. The van der Waals surface area contributed by atoms with Gasteiger partial charge in [0.05, 0.1) is 5.69 Å². The monoisotopic (exact) mass is 419 g/mol. The molecular formula is C24H29N5O2. The molecule has 2 aliphatic rings. The van der Waals surface area contributed by atoms with Gasteiger partial charge in [-0.05, 0) is 31.4 Å². The Morgan fingerprint density at radius 1 is 1.03 bits per heavy atom. The number of amides is 2. The second kappa shape index (κ2) is 9.73. The zero-order valence-corrected chi connectivity index (χ0v) is 17.8. The maximum absolute atomic E-state index is 12.9. The zero-order chi connectivity index (χ0) is 21.6. The van der Waals surface area contributed by atoms with E-state index in [4.69, 9.17) is 0 Å². The summed E-state index contributed by atoms with van der Waals surface area (Å²) >= 11 is 0. The Hall–Kier alpha value is -3.22. The van der Waals surface area contributed by atoms with Gasteiger partial charge in [-0.15, -0.1) is 16.8 Å². The van der Waals surface area contributed by atoms with Crippen LogP contribution in [0.3, 0.4) is 0 Å². The second-order valence-electron chi connectivity index (χ2n) is 8.15. The van der Waals surface area contributed by atoms with Crippen LogP contribution in [0.2, 0.25) is 0 Å². The summed E-state index contributed by atoms with van der Waals surface area (Å²) in [6, 6.07) is 14.0. The molecule has 0 N–H and O–H groups in total. The highest BCUT2D eigenvalue weighted by atomic mass is 16.2. The molecule has 1 aromatic heterocycles. The van der Waals surface area contributed by atoms with E-state index in [1.165, 1.54) is 0 Å². The van der Waals surface area contributed by atoms with Gasteiger partial charge >= 0.3 is 0 Å².